The molecule has 16 heavy (non-hydrogen) atoms. The predicted molar refractivity (Wildman–Crippen MR) is 69.7 cm³/mol. The molecule has 0 saturated heterocycles. The first-order valence-corrected chi connectivity index (χ1v) is 7.07. The molecule has 1 aliphatic rings. The van der Waals surface area contributed by atoms with Crippen LogP contribution in [-0.2, 0) is 4.74 Å². The maximum atomic E-state index is 5.53. The lowest BCUT2D eigenvalue weighted by Crippen LogP contribution is -2.40. The standard InChI is InChI=1S/C14H29NO/c1-4-7-14(15-10-5-2)12-8-6-9-13(11-12)16-3/h12-15H,4-11H2,1-3H3. The Morgan fingerprint density at radius 3 is 2.69 bits per heavy atom. The van der Waals surface area contributed by atoms with Crippen molar-refractivity contribution in [1.29, 1.82) is 0 Å². The maximum Gasteiger partial charge on any atom is 0.0574 e. The van der Waals surface area contributed by atoms with Crippen LogP contribution in [-0.4, -0.2) is 25.8 Å². The minimum absolute atomic E-state index is 0.515. The van der Waals surface area contributed by atoms with Crippen LogP contribution in [0.15, 0.2) is 0 Å². The minimum Gasteiger partial charge on any atom is -0.381 e. The average Bonchev–Trinajstić information content (AvgIpc) is 2.34. The molecule has 0 aliphatic heterocycles. The molecule has 0 amide bonds. The second-order valence-electron chi connectivity index (χ2n) is 5.13. The van der Waals surface area contributed by atoms with Gasteiger partial charge in [0.15, 0.2) is 0 Å². The first kappa shape index (κ1) is 14.0. The molecule has 1 fully saturated rings. The largest absolute Gasteiger partial charge is 0.381 e. The number of hydrogen-bond donors (Lipinski definition) is 1. The Balaban J connectivity index is 2.41. The highest BCUT2D eigenvalue weighted by atomic mass is 16.5. The highest BCUT2D eigenvalue weighted by molar-refractivity contribution is 4.82. The van der Waals surface area contributed by atoms with Gasteiger partial charge in [-0.25, -0.2) is 0 Å². The minimum atomic E-state index is 0.515. The average molecular weight is 227 g/mol. The molecule has 0 aromatic rings. The van der Waals surface area contributed by atoms with E-state index < -0.39 is 0 Å². The van der Waals surface area contributed by atoms with E-state index in [1.54, 1.807) is 0 Å². The van der Waals surface area contributed by atoms with E-state index in [0.29, 0.717) is 6.10 Å². The first-order valence-electron chi connectivity index (χ1n) is 7.07. The second-order valence-corrected chi connectivity index (χ2v) is 5.13. The van der Waals surface area contributed by atoms with E-state index in [1.807, 2.05) is 7.11 Å². The molecule has 0 aromatic carbocycles. The summed E-state index contributed by atoms with van der Waals surface area (Å²) in [7, 11) is 1.86. The van der Waals surface area contributed by atoms with Crippen LogP contribution in [0.25, 0.3) is 0 Å². The Labute approximate surface area is 101 Å². The molecule has 3 atom stereocenters. The van der Waals surface area contributed by atoms with Crippen LogP contribution in [0.4, 0.5) is 0 Å². The van der Waals surface area contributed by atoms with Gasteiger partial charge in [0.25, 0.3) is 0 Å². The lowest BCUT2D eigenvalue weighted by atomic mass is 9.80. The van der Waals surface area contributed by atoms with Crippen molar-refractivity contribution in [3.8, 4) is 0 Å². The lowest BCUT2D eigenvalue weighted by molar-refractivity contribution is 0.0411. The van der Waals surface area contributed by atoms with Crippen molar-refractivity contribution in [3.63, 3.8) is 0 Å². The quantitative estimate of drug-likeness (QED) is 0.720. The van der Waals surface area contributed by atoms with E-state index in [1.165, 1.54) is 51.5 Å². The Bertz CT molecular complexity index is 170. The van der Waals surface area contributed by atoms with Crippen LogP contribution in [0.5, 0.6) is 0 Å². The molecule has 3 unspecified atom stereocenters. The highest BCUT2D eigenvalue weighted by Gasteiger charge is 2.27. The molecule has 0 heterocycles. The SMILES string of the molecule is CCCNC(CCC)C1CCCC(OC)C1. The molecule has 1 saturated carbocycles. The molecule has 0 aromatic heterocycles. The van der Waals surface area contributed by atoms with E-state index in [0.717, 1.165) is 12.0 Å². The molecule has 1 aliphatic carbocycles. The second kappa shape index (κ2) is 8.08. The van der Waals surface area contributed by atoms with Gasteiger partial charge >= 0.3 is 0 Å². The molecular weight excluding hydrogens is 198 g/mol. The fourth-order valence-electron chi connectivity index (χ4n) is 2.91. The highest BCUT2D eigenvalue weighted by Crippen LogP contribution is 2.30. The zero-order chi connectivity index (χ0) is 11.8. The monoisotopic (exact) mass is 227 g/mol. The number of hydrogen-bond acceptors (Lipinski definition) is 2. The summed E-state index contributed by atoms with van der Waals surface area (Å²) in [5.74, 6) is 0.838. The van der Waals surface area contributed by atoms with E-state index in [4.69, 9.17) is 4.74 Å². The van der Waals surface area contributed by atoms with Crippen LogP contribution in [0, 0.1) is 5.92 Å². The van der Waals surface area contributed by atoms with Crippen molar-refractivity contribution in [3.05, 3.63) is 0 Å². The van der Waals surface area contributed by atoms with Gasteiger partial charge in [0.05, 0.1) is 6.10 Å². The topological polar surface area (TPSA) is 21.3 Å². The van der Waals surface area contributed by atoms with E-state index in [-0.39, 0.29) is 0 Å². The third kappa shape index (κ3) is 4.42. The molecule has 0 spiro atoms. The van der Waals surface area contributed by atoms with Gasteiger partial charge in [-0.1, -0.05) is 26.7 Å². The summed E-state index contributed by atoms with van der Waals surface area (Å²) in [4.78, 5) is 0. The summed E-state index contributed by atoms with van der Waals surface area (Å²) in [6, 6.07) is 0.725. The Morgan fingerprint density at radius 1 is 1.25 bits per heavy atom. The van der Waals surface area contributed by atoms with Gasteiger partial charge in [-0.15, -0.1) is 0 Å². The van der Waals surface area contributed by atoms with E-state index in [2.05, 4.69) is 19.2 Å². The summed E-state index contributed by atoms with van der Waals surface area (Å²) >= 11 is 0. The van der Waals surface area contributed by atoms with Gasteiger partial charge in [-0.2, -0.15) is 0 Å². The summed E-state index contributed by atoms with van der Waals surface area (Å²) < 4.78 is 5.53. The maximum absolute atomic E-state index is 5.53. The normalized spacial score (nSPS) is 27.9. The van der Waals surface area contributed by atoms with Crippen molar-refractivity contribution in [2.75, 3.05) is 13.7 Å². The summed E-state index contributed by atoms with van der Waals surface area (Å²) in [5.41, 5.74) is 0. The van der Waals surface area contributed by atoms with Gasteiger partial charge in [0, 0.05) is 13.2 Å². The molecule has 1 rings (SSSR count). The van der Waals surface area contributed by atoms with Crippen LogP contribution < -0.4 is 5.32 Å². The molecule has 96 valence electrons. The molecule has 0 bridgehead atoms. The number of nitrogens with one attached hydrogen (secondary N) is 1. The van der Waals surface area contributed by atoms with Crippen molar-refractivity contribution in [2.24, 2.45) is 5.92 Å². The fraction of sp³-hybridized carbons (Fsp3) is 1.00. The Hall–Kier alpha value is -0.0800. The predicted octanol–water partition coefficient (Wildman–Crippen LogP) is 3.36. The zero-order valence-corrected chi connectivity index (χ0v) is 11.3. The van der Waals surface area contributed by atoms with Gasteiger partial charge in [-0.3, -0.25) is 0 Å². The summed E-state index contributed by atoms with van der Waals surface area (Å²) in [6.07, 6.45) is 9.62. The van der Waals surface area contributed by atoms with Crippen LogP contribution in [0.3, 0.4) is 0 Å². The third-order valence-corrected chi connectivity index (χ3v) is 3.83. The zero-order valence-electron chi connectivity index (χ0n) is 11.3. The van der Waals surface area contributed by atoms with Crippen molar-refractivity contribution in [1.82, 2.24) is 5.32 Å². The molecule has 0 radical (unpaired) electrons. The number of rotatable bonds is 7. The Kier molecular flexibility index (Phi) is 7.06. The fourth-order valence-corrected chi connectivity index (χ4v) is 2.91. The first-order chi connectivity index (χ1) is 7.81. The van der Waals surface area contributed by atoms with Gasteiger partial charge < -0.3 is 10.1 Å². The van der Waals surface area contributed by atoms with Crippen molar-refractivity contribution >= 4 is 0 Å². The van der Waals surface area contributed by atoms with Crippen LogP contribution in [0.1, 0.15) is 58.8 Å². The van der Waals surface area contributed by atoms with Gasteiger partial charge in [0.2, 0.25) is 0 Å². The van der Waals surface area contributed by atoms with Crippen LogP contribution in [0.2, 0.25) is 0 Å². The molecule has 2 nitrogen and oxygen atoms in total. The van der Waals surface area contributed by atoms with Crippen molar-refractivity contribution in [2.45, 2.75) is 70.9 Å². The summed E-state index contributed by atoms with van der Waals surface area (Å²) in [6.45, 7) is 5.70. The van der Waals surface area contributed by atoms with E-state index in [9.17, 15) is 0 Å². The van der Waals surface area contributed by atoms with Crippen LogP contribution >= 0.6 is 0 Å². The van der Waals surface area contributed by atoms with Gasteiger partial charge in [-0.05, 0) is 44.6 Å². The number of methoxy groups -OCH3 is 1. The van der Waals surface area contributed by atoms with Gasteiger partial charge in [0.1, 0.15) is 0 Å². The Morgan fingerprint density at radius 2 is 2.06 bits per heavy atom. The molecule has 2 heteroatoms. The van der Waals surface area contributed by atoms with E-state index >= 15 is 0 Å². The third-order valence-electron chi connectivity index (χ3n) is 3.83. The molecular formula is C14H29NO. The summed E-state index contributed by atoms with van der Waals surface area (Å²) in [5, 5.41) is 3.73. The lowest BCUT2D eigenvalue weighted by Gasteiger charge is -2.34. The number of ether oxygens (including phenoxy) is 1. The smallest absolute Gasteiger partial charge is 0.0574 e. The molecule has 1 N–H and O–H groups in total. The van der Waals surface area contributed by atoms with Crippen molar-refractivity contribution < 1.29 is 4.74 Å².